The molecule has 1 aliphatic rings. The van der Waals surface area contributed by atoms with Crippen LogP contribution in [0.5, 0.6) is 11.5 Å². The van der Waals surface area contributed by atoms with Crippen molar-refractivity contribution in [2.75, 3.05) is 18.4 Å². The number of piperidine rings is 1. The molecule has 32 heavy (non-hydrogen) atoms. The number of amides is 1. The predicted molar refractivity (Wildman–Crippen MR) is 128 cm³/mol. The van der Waals surface area contributed by atoms with Gasteiger partial charge in [-0.2, -0.15) is 0 Å². The van der Waals surface area contributed by atoms with E-state index in [4.69, 9.17) is 17.0 Å². The quantitative estimate of drug-likeness (QED) is 0.524. The van der Waals surface area contributed by atoms with Crippen LogP contribution in [0.1, 0.15) is 23.2 Å². The third kappa shape index (κ3) is 5.62. The van der Waals surface area contributed by atoms with Crippen molar-refractivity contribution in [3.8, 4) is 11.5 Å². The average molecular weight is 450 g/mol. The molecule has 0 saturated carbocycles. The Morgan fingerprint density at radius 3 is 2.22 bits per heavy atom. The Balaban J connectivity index is 1.25. The normalized spacial score (nSPS) is 14.0. The van der Waals surface area contributed by atoms with Crippen molar-refractivity contribution >= 4 is 28.9 Å². The third-order valence-corrected chi connectivity index (χ3v) is 5.68. The summed E-state index contributed by atoms with van der Waals surface area (Å²) in [4.78, 5) is 14.4. The highest BCUT2D eigenvalue weighted by atomic mass is 32.1. The molecule has 164 valence electrons. The van der Waals surface area contributed by atoms with Crippen LogP contribution in [0.4, 0.5) is 10.1 Å². The average Bonchev–Trinajstić information content (AvgIpc) is 2.82. The van der Waals surface area contributed by atoms with Gasteiger partial charge < -0.3 is 20.3 Å². The second kappa shape index (κ2) is 10.2. The second-order valence-electron chi connectivity index (χ2n) is 7.58. The van der Waals surface area contributed by atoms with Crippen LogP contribution in [0.2, 0.25) is 0 Å². The molecule has 1 aliphatic heterocycles. The highest BCUT2D eigenvalue weighted by Crippen LogP contribution is 2.23. The Bertz CT molecular complexity index is 1070. The van der Waals surface area contributed by atoms with Crippen molar-refractivity contribution in [1.29, 1.82) is 0 Å². The van der Waals surface area contributed by atoms with Gasteiger partial charge in [0.2, 0.25) is 0 Å². The lowest BCUT2D eigenvalue weighted by atomic mass is 10.0. The van der Waals surface area contributed by atoms with E-state index in [-0.39, 0.29) is 17.5 Å². The van der Waals surface area contributed by atoms with Gasteiger partial charge >= 0.3 is 0 Å². The van der Waals surface area contributed by atoms with Crippen LogP contribution < -0.4 is 15.4 Å². The van der Waals surface area contributed by atoms with Crippen molar-refractivity contribution in [2.45, 2.75) is 18.9 Å². The Hall–Kier alpha value is -3.45. The van der Waals surface area contributed by atoms with E-state index in [0.717, 1.165) is 30.0 Å². The Kier molecular flexibility index (Phi) is 6.97. The SMILES string of the molecule is O=C(NC1CCN(C(=S)Nc2ccc(Oc3ccccc3)cc2)CC1)c1ccccc1F. The first-order valence-electron chi connectivity index (χ1n) is 10.5. The maximum atomic E-state index is 13.8. The van der Waals surface area contributed by atoms with E-state index < -0.39 is 5.82 Å². The number of anilines is 1. The van der Waals surface area contributed by atoms with Gasteiger partial charge in [0, 0.05) is 24.8 Å². The van der Waals surface area contributed by atoms with Gasteiger partial charge in [-0.3, -0.25) is 4.79 Å². The summed E-state index contributed by atoms with van der Waals surface area (Å²) in [7, 11) is 0. The molecule has 2 N–H and O–H groups in total. The van der Waals surface area contributed by atoms with Crippen molar-refractivity contribution < 1.29 is 13.9 Å². The highest BCUT2D eigenvalue weighted by molar-refractivity contribution is 7.80. The lowest BCUT2D eigenvalue weighted by Crippen LogP contribution is -2.47. The number of carbonyl (C=O) groups is 1. The second-order valence-corrected chi connectivity index (χ2v) is 7.97. The molecule has 1 heterocycles. The number of nitrogens with zero attached hydrogens (tertiary/aromatic N) is 1. The van der Waals surface area contributed by atoms with Gasteiger partial charge in [0.05, 0.1) is 5.56 Å². The topological polar surface area (TPSA) is 53.6 Å². The van der Waals surface area contributed by atoms with E-state index in [0.29, 0.717) is 18.2 Å². The number of nitrogens with one attached hydrogen (secondary N) is 2. The minimum absolute atomic E-state index is 0.00410. The summed E-state index contributed by atoms with van der Waals surface area (Å²) in [5.74, 6) is 0.654. The molecule has 3 aromatic carbocycles. The molecule has 4 rings (SSSR count). The number of ether oxygens (including phenoxy) is 1. The first-order chi connectivity index (χ1) is 15.6. The largest absolute Gasteiger partial charge is 0.457 e. The monoisotopic (exact) mass is 449 g/mol. The molecule has 3 aromatic rings. The number of thiocarbonyl (C=S) groups is 1. The third-order valence-electron chi connectivity index (χ3n) is 5.32. The zero-order chi connectivity index (χ0) is 22.3. The molecular weight excluding hydrogens is 425 g/mol. The summed E-state index contributed by atoms with van der Waals surface area (Å²) in [6, 6.07) is 23.3. The summed E-state index contributed by atoms with van der Waals surface area (Å²) in [6.07, 6.45) is 1.48. The molecule has 0 bridgehead atoms. The predicted octanol–water partition coefficient (Wildman–Crippen LogP) is 5.21. The first kappa shape index (κ1) is 21.8. The van der Waals surface area contributed by atoms with E-state index in [1.54, 1.807) is 12.1 Å². The van der Waals surface area contributed by atoms with Crippen LogP contribution in [0.15, 0.2) is 78.9 Å². The lowest BCUT2D eigenvalue weighted by molar-refractivity contribution is 0.0918. The fraction of sp³-hybridized carbons (Fsp3) is 0.200. The number of likely N-dealkylation sites (tertiary alicyclic amines) is 1. The first-order valence-corrected chi connectivity index (χ1v) is 10.9. The molecule has 0 aliphatic carbocycles. The summed E-state index contributed by atoms with van der Waals surface area (Å²) in [5, 5.41) is 6.82. The van der Waals surface area contributed by atoms with Gasteiger partial charge in [0.25, 0.3) is 5.91 Å². The molecule has 0 atom stereocenters. The maximum absolute atomic E-state index is 13.8. The fourth-order valence-corrected chi connectivity index (χ4v) is 3.87. The van der Waals surface area contributed by atoms with Gasteiger partial charge in [-0.15, -0.1) is 0 Å². The van der Waals surface area contributed by atoms with Crippen LogP contribution in [-0.2, 0) is 0 Å². The van der Waals surface area contributed by atoms with Crippen LogP contribution in [0, 0.1) is 5.82 Å². The fourth-order valence-electron chi connectivity index (χ4n) is 3.57. The molecule has 0 aromatic heterocycles. The number of rotatable bonds is 5. The number of carbonyl (C=O) groups excluding carboxylic acids is 1. The number of halogens is 1. The van der Waals surface area contributed by atoms with Gasteiger partial charge in [0.15, 0.2) is 5.11 Å². The molecule has 0 spiro atoms. The van der Waals surface area contributed by atoms with Crippen LogP contribution >= 0.6 is 12.2 Å². The number of benzene rings is 3. The van der Waals surface area contributed by atoms with Crippen LogP contribution in [0.25, 0.3) is 0 Å². The maximum Gasteiger partial charge on any atom is 0.254 e. The van der Waals surface area contributed by atoms with Crippen molar-refractivity contribution in [1.82, 2.24) is 10.2 Å². The van der Waals surface area contributed by atoms with E-state index in [1.165, 1.54) is 12.1 Å². The van der Waals surface area contributed by atoms with Crippen molar-refractivity contribution in [3.05, 3.63) is 90.2 Å². The number of hydrogen-bond donors (Lipinski definition) is 2. The van der Waals surface area contributed by atoms with E-state index in [9.17, 15) is 9.18 Å². The molecule has 1 fully saturated rings. The van der Waals surface area contributed by atoms with Gasteiger partial charge in [0.1, 0.15) is 17.3 Å². The molecule has 7 heteroatoms. The number of para-hydroxylation sites is 1. The zero-order valence-corrected chi connectivity index (χ0v) is 18.3. The molecule has 1 saturated heterocycles. The van der Waals surface area contributed by atoms with Crippen LogP contribution in [-0.4, -0.2) is 35.1 Å². The lowest BCUT2D eigenvalue weighted by Gasteiger charge is -2.34. The molecule has 0 unspecified atom stereocenters. The van der Waals surface area contributed by atoms with Crippen molar-refractivity contribution in [2.24, 2.45) is 0 Å². The summed E-state index contributed by atoms with van der Waals surface area (Å²) >= 11 is 5.56. The highest BCUT2D eigenvalue weighted by Gasteiger charge is 2.23. The zero-order valence-electron chi connectivity index (χ0n) is 17.5. The van der Waals surface area contributed by atoms with Gasteiger partial charge in [-0.05, 0) is 73.6 Å². The molecule has 5 nitrogen and oxygen atoms in total. The Labute approximate surface area is 192 Å². The Morgan fingerprint density at radius 2 is 1.53 bits per heavy atom. The molecule has 1 amide bonds. The van der Waals surface area contributed by atoms with E-state index >= 15 is 0 Å². The standard InChI is InChI=1S/C25H24FN3O2S/c26-23-9-5-4-8-22(23)24(30)27-19-14-16-29(17-15-19)25(32)28-18-10-12-21(13-11-18)31-20-6-2-1-3-7-20/h1-13,19H,14-17H2,(H,27,30)(H,28,32). The molecular formula is C25H24FN3O2S. The van der Waals surface area contributed by atoms with Crippen molar-refractivity contribution in [3.63, 3.8) is 0 Å². The summed E-state index contributed by atoms with van der Waals surface area (Å²) < 4.78 is 19.6. The summed E-state index contributed by atoms with van der Waals surface area (Å²) in [5.41, 5.74) is 0.956. The minimum Gasteiger partial charge on any atom is -0.457 e. The molecule has 0 radical (unpaired) electrons. The van der Waals surface area contributed by atoms with Crippen LogP contribution in [0.3, 0.4) is 0 Å². The van der Waals surface area contributed by atoms with E-state index in [1.807, 2.05) is 54.6 Å². The number of hydrogen-bond acceptors (Lipinski definition) is 3. The van der Waals surface area contributed by atoms with E-state index in [2.05, 4.69) is 15.5 Å². The van der Waals surface area contributed by atoms with Gasteiger partial charge in [-0.1, -0.05) is 30.3 Å². The smallest absolute Gasteiger partial charge is 0.254 e. The summed E-state index contributed by atoms with van der Waals surface area (Å²) in [6.45, 7) is 1.42. The van der Waals surface area contributed by atoms with Gasteiger partial charge in [-0.25, -0.2) is 4.39 Å². The Morgan fingerprint density at radius 1 is 0.906 bits per heavy atom. The minimum atomic E-state index is -0.506.